The minimum absolute atomic E-state index is 0.0407. The zero-order valence-electron chi connectivity index (χ0n) is 7.12. The van der Waals surface area contributed by atoms with Crippen molar-refractivity contribution >= 4 is 43.2 Å². The van der Waals surface area contributed by atoms with E-state index in [9.17, 15) is 9.90 Å². The summed E-state index contributed by atoms with van der Waals surface area (Å²) in [5.74, 6) is 0.0385. The third-order valence-electron chi connectivity index (χ3n) is 1.68. The van der Waals surface area contributed by atoms with Gasteiger partial charge in [-0.1, -0.05) is 0 Å². The molecule has 0 aliphatic rings. The summed E-state index contributed by atoms with van der Waals surface area (Å²) in [5, 5.41) is 11.2. The first-order chi connectivity index (χ1) is 7.09. The number of halogens is 2. The van der Waals surface area contributed by atoms with E-state index in [2.05, 4.69) is 41.8 Å². The minimum atomic E-state index is -0.405. The number of nitrogens with zero attached hydrogens (tertiary/aromatic N) is 1. The van der Waals surface area contributed by atoms with Gasteiger partial charge in [0.25, 0.3) is 5.56 Å². The second-order valence-electron chi connectivity index (χ2n) is 2.65. The second-order valence-corrected chi connectivity index (χ2v) is 5.21. The van der Waals surface area contributed by atoms with Gasteiger partial charge in [-0.25, -0.2) is 0 Å². The van der Waals surface area contributed by atoms with Gasteiger partial charge in [0, 0.05) is 4.47 Å². The van der Waals surface area contributed by atoms with Gasteiger partial charge in [-0.05, 0) is 43.3 Å². The molecule has 0 bridgehead atoms. The number of thiophene rings is 1. The monoisotopic (exact) mass is 350 g/mol. The number of hydrogen-bond acceptors (Lipinski definition) is 4. The minimum Gasteiger partial charge on any atom is -0.492 e. The Kier molecular flexibility index (Phi) is 2.94. The Morgan fingerprint density at radius 2 is 2.20 bits per heavy atom. The van der Waals surface area contributed by atoms with Gasteiger partial charge in [0.1, 0.15) is 4.47 Å². The summed E-state index contributed by atoms with van der Waals surface area (Å²) < 4.78 is 0.872. The second kappa shape index (κ2) is 4.07. The molecule has 0 aliphatic carbocycles. The fourth-order valence-corrected chi connectivity index (χ4v) is 2.71. The van der Waals surface area contributed by atoms with Crippen LogP contribution in [0.3, 0.4) is 0 Å². The molecule has 2 heterocycles. The van der Waals surface area contributed by atoms with E-state index in [1.807, 2.05) is 11.4 Å². The quantitative estimate of drug-likeness (QED) is 0.830. The van der Waals surface area contributed by atoms with Crippen molar-refractivity contribution in [3.8, 4) is 16.6 Å². The molecule has 0 unspecified atom stereocenters. The lowest BCUT2D eigenvalue weighted by Gasteiger charge is -2.00. The van der Waals surface area contributed by atoms with E-state index in [0.29, 0.717) is 5.82 Å². The van der Waals surface area contributed by atoms with E-state index >= 15 is 0 Å². The van der Waals surface area contributed by atoms with Crippen LogP contribution < -0.4 is 5.56 Å². The molecule has 0 spiro atoms. The third kappa shape index (κ3) is 1.99. The van der Waals surface area contributed by atoms with Crippen molar-refractivity contribution in [1.82, 2.24) is 9.97 Å². The Morgan fingerprint density at radius 1 is 1.47 bits per heavy atom. The Labute approximate surface area is 105 Å². The van der Waals surface area contributed by atoms with Crippen LogP contribution in [0.15, 0.2) is 25.2 Å². The van der Waals surface area contributed by atoms with Crippen molar-refractivity contribution in [2.45, 2.75) is 0 Å². The molecule has 7 heteroatoms. The standard InChI is InChI=1S/C8H4Br2N2O2S/c9-3-1-2-15-5(3)6-11-7(13)4(10)8(14)12-6/h1-2H,(H2,11,12,13,14). The van der Waals surface area contributed by atoms with E-state index in [1.165, 1.54) is 11.3 Å². The highest BCUT2D eigenvalue weighted by Gasteiger charge is 2.12. The summed E-state index contributed by atoms with van der Waals surface area (Å²) in [4.78, 5) is 18.6. The highest BCUT2D eigenvalue weighted by atomic mass is 79.9. The average molecular weight is 352 g/mol. The Morgan fingerprint density at radius 3 is 2.73 bits per heavy atom. The summed E-state index contributed by atoms with van der Waals surface area (Å²) in [6.45, 7) is 0. The number of aromatic hydroxyl groups is 1. The first-order valence-corrected chi connectivity index (χ1v) is 6.28. The maximum Gasteiger partial charge on any atom is 0.269 e. The van der Waals surface area contributed by atoms with Gasteiger partial charge < -0.3 is 10.1 Å². The molecule has 2 rings (SSSR count). The van der Waals surface area contributed by atoms with Crippen molar-refractivity contribution < 1.29 is 5.11 Å². The maximum atomic E-state index is 11.4. The van der Waals surface area contributed by atoms with Crippen molar-refractivity contribution in [1.29, 1.82) is 0 Å². The summed E-state index contributed by atoms with van der Waals surface area (Å²) in [5.41, 5.74) is -0.405. The average Bonchev–Trinajstić information content (AvgIpc) is 2.60. The number of aromatic amines is 1. The Bertz CT molecular complexity index is 564. The summed E-state index contributed by atoms with van der Waals surface area (Å²) in [6.07, 6.45) is 0. The van der Waals surface area contributed by atoms with Crippen LogP contribution in [-0.2, 0) is 0 Å². The highest BCUT2D eigenvalue weighted by molar-refractivity contribution is 9.11. The first-order valence-electron chi connectivity index (χ1n) is 3.81. The predicted molar refractivity (Wildman–Crippen MR) is 65.2 cm³/mol. The lowest BCUT2D eigenvalue weighted by atomic mass is 10.4. The molecule has 2 aromatic rings. The smallest absolute Gasteiger partial charge is 0.269 e. The van der Waals surface area contributed by atoms with Gasteiger partial charge in [-0.2, -0.15) is 4.98 Å². The molecular weight excluding hydrogens is 348 g/mol. The van der Waals surface area contributed by atoms with Crippen molar-refractivity contribution in [3.05, 3.63) is 30.7 Å². The molecule has 2 N–H and O–H groups in total. The van der Waals surface area contributed by atoms with Crippen molar-refractivity contribution in [2.75, 3.05) is 0 Å². The van der Waals surface area contributed by atoms with E-state index < -0.39 is 5.56 Å². The van der Waals surface area contributed by atoms with E-state index in [-0.39, 0.29) is 10.4 Å². The van der Waals surface area contributed by atoms with Crippen LogP contribution in [0.4, 0.5) is 0 Å². The molecule has 0 saturated heterocycles. The zero-order chi connectivity index (χ0) is 11.0. The van der Waals surface area contributed by atoms with Gasteiger partial charge in [0.15, 0.2) is 5.82 Å². The summed E-state index contributed by atoms with van der Waals surface area (Å²) in [6, 6.07) is 1.85. The molecule has 0 atom stereocenters. The number of H-pyrrole nitrogens is 1. The Balaban J connectivity index is 2.66. The molecule has 78 valence electrons. The lowest BCUT2D eigenvalue weighted by molar-refractivity contribution is 0.448. The molecule has 0 aliphatic heterocycles. The number of nitrogens with one attached hydrogen (secondary N) is 1. The van der Waals surface area contributed by atoms with Crippen molar-refractivity contribution in [2.24, 2.45) is 0 Å². The van der Waals surface area contributed by atoms with Crippen LogP contribution in [0, 0.1) is 0 Å². The molecule has 0 saturated carbocycles. The fourth-order valence-electron chi connectivity index (χ4n) is 1.02. The molecular formula is C8H4Br2N2O2S. The number of aromatic nitrogens is 2. The maximum absolute atomic E-state index is 11.4. The molecule has 4 nitrogen and oxygen atoms in total. The predicted octanol–water partition coefficient (Wildman–Crippen LogP) is 2.73. The number of rotatable bonds is 1. The molecule has 15 heavy (non-hydrogen) atoms. The SMILES string of the molecule is O=c1[nH]c(-c2sccc2Br)nc(O)c1Br. The largest absolute Gasteiger partial charge is 0.492 e. The van der Waals surface area contributed by atoms with E-state index in [0.717, 1.165) is 9.35 Å². The van der Waals surface area contributed by atoms with Gasteiger partial charge in [-0.15, -0.1) is 11.3 Å². The first kappa shape index (κ1) is 10.8. The Hall–Kier alpha value is -0.660. The highest BCUT2D eigenvalue weighted by Crippen LogP contribution is 2.31. The van der Waals surface area contributed by atoms with Crippen LogP contribution in [0.2, 0.25) is 0 Å². The molecule has 0 radical (unpaired) electrons. The number of hydrogen-bond donors (Lipinski definition) is 2. The summed E-state index contributed by atoms with van der Waals surface area (Å²) in [7, 11) is 0. The topological polar surface area (TPSA) is 66.0 Å². The summed E-state index contributed by atoms with van der Waals surface area (Å²) >= 11 is 7.68. The zero-order valence-corrected chi connectivity index (χ0v) is 11.1. The van der Waals surface area contributed by atoms with Crippen LogP contribution in [0.1, 0.15) is 0 Å². The molecule has 0 amide bonds. The normalized spacial score (nSPS) is 10.5. The van der Waals surface area contributed by atoms with Gasteiger partial charge in [0.2, 0.25) is 5.88 Å². The van der Waals surface area contributed by atoms with Crippen LogP contribution >= 0.6 is 43.2 Å². The van der Waals surface area contributed by atoms with Gasteiger partial charge >= 0.3 is 0 Å². The van der Waals surface area contributed by atoms with Crippen LogP contribution in [0.5, 0.6) is 5.88 Å². The van der Waals surface area contributed by atoms with Gasteiger partial charge in [-0.3, -0.25) is 4.79 Å². The van der Waals surface area contributed by atoms with Crippen molar-refractivity contribution in [3.63, 3.8) is 0 Å². The van der Waals surface area contributed by atoms with E-state index in [4.69, 9.17) is 0 Å². The van der Waals surface area contributed by atoms with Crippen LogP contribution in [0.25, 0.3) is 10.7 Å². The third-order valence-corrected chi connectivity index (χ3v) is 4.24. The lowest BCUT2D eigenvalue weighted by Crippen LogP contribution is -2.09. The molecule has 2 aromatic heterocycles. The fraction of sp³-hybridized carbons (Fsp3) is 0. The van der Waals surface area contributed by atoms with Crippen LogP contribution in [-0.4, -0.2) is 15.1 Å². The molecule has 0 fully saturated rings. The molecule has 0 aromatic carbocycles. The van der Waals surface area contributed by atoms with E-state index in [1.54, 1.807) is 0 Å². The van der Waals surface area contributed by atoms with Gasteiger partial charge in [0.05, 0.1) is 4.88 Å².